The zero-order valence-electron chi connectivity index (χ0n) is 11.0. The lowest BCUT2D eigenvalue weighted by Crippen LogP contribution is -2.01. The van der Waals surface area contributed by atoms with Crippen LogP contribution in [0.15, 0.2) is 4.52 Å². The quantitative estimate of drug-likeness (QED) is 0.921. The van der Waals surface area contributed by atoms with Gasteiger partial charge in [-0.2, -0.15) is 4.98 Å². The third-order valence-electron chi connectivity index (χ3n) is 2.85. The van der Waals surface area contributed by atoms with Crippen LogP contribution in [0, 0.1) is 13.8 Å². The zero-order chi connectivity index (χ0) is 13.3. The molecule has 98 valence electrons. The van der Waals surface area contributed by atoms with Crippen molar-refractivity contribution in [2.45, 2.75) is 33.8 Å². The smallest absolute Gasteiger partial charge is 0.261 e. The number of anilines is 1. The second kappa shape index (κ2) is 5.07. The number of thiophene rings is 1. The highest BCUT2D eigenvalue weighted by molar-refractivity contribution is 7.16. The summed E-state index contributed by atoms with van der Waals surface area (Å²) in [5.41, 5.74) is 7.92. The molecule has 2 N–H and O–H groups in total. The van der Waals surface area contributed by atoms with Crippen molar-refractivity contribution in [1.82, 2.24) is 10.1 Å². The molecule has 6 heteroatoms. The van der Waals surface area contributed by atoms with Crippen LogP contribution in [0.2, 0.25) is 0 Å². The molecule has 0 bridgehead atoms. The van der Waals surface area contributed by atoms with E-state index in [0.717, 1.165) is 11.1 Å². The van der Waals surface area contributed by atoms with Crippen molar-refractivity contribution in [2.24, 2.45) is 0 Å². The number of hydrogen-bond donors (Lipinski definition) is 1. The van der Waals surface area contributed by atoms with Gasteiger partial charge in [0, 0.05) is 11.5 Å². The van der Waals surface area contributed by atoms with Crippen LogP contribution in [0.5, 0.6) is 0 Å². The van der Waals surface area contributed by atoms with Gasteiger partial charge in [-0.3, -0.25) is 0 Å². The Morgan fingerprint density at radius 3 is 2.72 bits per heavy atom. The maximum atomic E-state index is 5.98. The third-order valence-corrected chi connectivity index (χ3v) is 3.88. The van der Waals surface area contributed by atoms with Crippen LogP contribution in [0.3, 0.4) is 0 Å². The molecule has 18 heavy (non-hydrogen) atoms. The van der Waals surface area contributed by atoms with Gasteiger partial charge in [0.05, 0.1) is 10.6 Å². The van der Waals surface area contributed by atoms with Gasteiger partial charge in [0.25, 0.3) is 5.89 Å². The summed E-state index contributed by atoms with van der Waals surface area (Å²) in [7, 11) is 0. The van der Waals surface area contributed by atoms with Crippen LogP contribution in [-0.2, 0) is 4.74 Å². The lowest BCUT2D eigenvalue weighted by Gasteiger charge is -2.04. The van der Waals surface area contributed by atoms with Gasteiger partial charge < -0.3 is 15.0 Å². The largest absolute Gasteiger partial charge is 0.390 e. The molecule has 1 unspecified atom stereocenters. The van der Waals surface area contributed by atoms with Crippen LogP contribution in [0.4, 0.5) is 5.00 Å². The fourth-order valence-corrected chi connectivity index (χ4v) is 2.67. The second-order valence-electron chi connectivity index (χ2n) is 4.08. The van der Waals surface area contributed by atoms with E-state index in [2.05, 4.69) is 10.1 Å². The molecule has 2 aromatic rings. The Morgan fingerprint density at radius 1 is 1.44 bits per heavy atom. The van der Waals surface area contributed by atoms with E-state index < -0.39 is 0 Å². The first-order chi connectivity index (χ1) is 8.54. The van der Waals surface area contributed by atoms with Crippen molar-refractivity contribution in [3.05, 3.63) is 16.3 Å². The van der Waals surface area contributed by atoms with E-state index in [-0.39, 0.29) is 6.10 Å². The molecule has 0 aliphatic heterocycles. The van der Waals surface area contributed by atoms with Crippen molar-refractivity contribution in [1.29, 1.82) is 0 Å². The molecule has 2 heterocycles. The van der Waals surface area contributed by atoms with Gasteiger partial charge in [0.1, 0.15) is 6.10 Å². The van der Waals surface area contributed by atoms with Gasteiger partial charge in [0.2, 0.25) is 5.82 Å². The van der Waals surface area contributed by atoms with Gasteiger partial charge in [-0.1, -0.05) is 5.16 Å². The normalized spacial score (nSPS) is 12.9. The average Bonchev–Trinajstić information content (AvgIpc) is 2.86. The molecule has 0 saturated carbocycles. The molecular formula is C12H17N3O2S. The predicted molar refractivity (Wildman–Crippen MR) is 71.5 cm³/mol. The van der Waals surface area contributed by atoms with Crippen molar-refractivity contribution in [3.8, 4) is 11.5 Å². The van der Waals surface area contributed by atoms with Crippen LogP contribution in [0.1, 0.15) is 36.2 Å². The van der Waals surface area contributed by atoms with Crippen LogP contribution in [-0.4, -0.2) is 16.7 Å². The van der Waals surface area contributed by atoms with E-state index in [1.54, 1.807) is 0 Å². The Hall–Kier alpha value is -1.40. The highest BCUT2D eigenvalue weighted by Crippen LogP contribution is 2.37. The first-order valence-electron chi connectivity index (χ1n) is 5.85. The summed E-state index contributed by atoms with van der Waals surface area (Å²) in [6.07, 6.45) is -0.172. The van der Waals surface area contributed by atoms with E-state index in [9.17, 15) is 0 Å². The summed E-state index contributed by atoms with van der Waals surface area (Å²) >= 11 is 1.54. The van der Waals surface area contributed by atoms with E-state index >= 15 is 0 Å². The van der Waals surface area contributed by atoms with Crippen LogP contribution in [0.25, 0.3) is 11.5 Å². The summed E-state index contributed by atoms with van der Waals surface area (Å²) in [5.74, 6) is 1.02. The maximum Gasteiger partial charge on any atom is 0.261 e. The van der Waals surface area contributed by atoms with Crippen molar-refractivity contribution in [2.75, 3.05) is 12.3 Å². The number of aromatic nitrogens is 2. The van der Waals surface area contributed by atoms with Crippen LogP contribution < -0.4 is 5.73 Å². The first kappa shape index (κ1) is 13.0. The molecule has 2 aromatic heterocycles. The minimum absolute atomic E-state index is 0.172. The molecule has 0 aliphatic rings. The minimum atomic E-state index is -0.172. The number of rotatable bonds is 4. The van der Waals surface area contributed by atoms with Crippen molar-refractivity contribution in [3.63, 3.8) is 0 Å². The molecule has 0 aromatic carbocycles. The molecule has 0 fully saturated rings. The highest BCUT2D eigenvalue weighted by Gasteiger charge is 2.20. The third kappa shape index (κ3) is 2.26. The van der Waals surface area contributed by atoms with Gasteiger partial charge >= 0.3 is 0 Å². The Bertz CT molecular complexity index is 548. The number of nitrogens with zero attached hydrogens (tertiary/aromatic N) is 2. The predicted octanol–water partition coefficient (Wildman–Crippen LogP) is 3.09. The van der Waals surface area contributed by atoms with Gasteiger partial charge in [-0.15, -0.1) is 11.3 Å². The molecule has 0 aliphatic carbocycles. The number of nitrogen functional groups attached to an aromatic ring is 1. The fraction of sp³-hybridized carbons (Fsp3) is 0.500. The van der Waals surface area contributed by atoms with Crippen LogP contribution >= 0.6 is 11.3 Å². The number of ether oxygens (including phenoxy) is 1. The zero-order valence-corrected chi connectivity index (χ0v) is 11.8. The highest BCUT2D eigenvalue weighted by atomic mass is 32.1. The SMILES string of the molecule is CCOC(C)c1noc(-c2c(N)sc(C)c2C)n1. The van der Waals surface area contributed by atoms with Gasteiger partial charge in [0.15, 0.2) is 0 Å². The molecule has 0 spiro atoms. The molecule has 0 amide bonds. The van der Waals surface area contributed by atoms with Gasteiger partial charge in [-0.25, -0.2) is 0 Å². The summed E-state index contributed by atoms with van der Waals surface area (Å²) in [5, 5.41) is 4.65. The number of aryl methyl sites for hydroxylation is 1. The second-order valence-corrected chi connectivity index (χ2v) is 5.33. The summed E-state index contributed by atoms with van der Waals surface area (Å²) in [4.78, 5) is 5.52. The first-order valence-corrected chi connectivity index (χ1v) is 6.67. The molecular weight excluding hydrogens is 250 g/mol. The molecule has 0 saturated heterocycles. The summed E-state index contributed by atoms with van der Waals surface area (Å²) in [6, 6.07) is 0. The van der Waals surface area contributed by atoms with E-state index in [4.69, 9.17) is 15.0 Å². The van der Waals surface area contributed by atoms with Crippen molar-refractivity contribution >= 4 is 16.3 Å². The molecule has 2 rings (SSSR count). The molecule has 1 atom stereocenters. The molecule has 5 nitrogen and oxygen atoms in total. The lowest BCUT2D eigenvalue weighted by molar-refractivity contribution is 0.0683. The van der Waals surface area contributed by atoms with Crippen molar-refractivity contribution < 1.29 is 9.26 Å². The van der Waals surface area contributed by atoms with E-state index in [0.29, 0.717) is 23.3 Å². The monoisotopic (exact) mass is 267 g/mol. The van der Waals surface area contributed by atoms with Gasteiger partial charge in [-0.05, 0) is 33.3 Å². The maximum absolute atomic E-state index is 5.98. The fourth-order valence-electron chi connectivity index (χ4n) is 1.75. The standard InChI is InChI=1S/C12H17N3O2S/c1-5-16-7(3)11-14-12(17-15-11)9-6(2)8(4)18-10(9)13/h7H,5,13H2,1-4H3. The average molecular weight is 267 g/mol. The Kier molecular flexibility index (Phi) is 3.68. The Labute approximate surface area is 110 Å². The lowest BCUT2D eigenvalue weighted by atomic mass is 10.1. The van der Waals surface area contributed by atoms with E-state index in [1.807, 2.05) is 27.7 Å². The van der Waals surface area contributed by atoms with E-state index in [1.165, 1.54) is 16.2 Å². The summed E-state index contributed by atoms with van der Waals surface area (Å²) in [6.45, 7) is 8.48. The summed E-state index contributed by atoms with van der Waals surface area (Å²) < 4.78 is 10.7. The minimum Gasteiger partial charge on any atom is -0.390 e. The Morgan fingerprint density at radius 2 is 2.17 bits per heavy atom. The number of hydrogen-bond acceptors (Lipinski definition) is 6. The topological polar surface area (TPSA) is 74.2 Å². The Balaban J connectivity index is 2.35. The molecule has 0 radical (unpaired) electrons. The number of nitrogens with two attached hydrogens (primary N) is 1.